The molecule has 0 aromatic rings. The standard InChI is InChI=1S/C37H72N2O5S/c1-4-6-8-10-12-14-16-18-20-22-24-26-28-30-36(40)35(34-44-45(42,43)33-32-38-3)39-37(41)31-29-27-25-23-21-19-17-15-13-11-9-7-5-2/h20,22,28,30,35-36,38,40H,4-19,21,23-27,29,31-34H2,1-3H3,(H,39,41)/t35-,36+/m0/s1. The maximum absolute atomic E-state index is 12.7. The van der Waals surface area contributed by atoms with Gasteiger partial charge < -0.3 is 15.7 Å². The van der Waals surface area contributed by atoms with Gasteiger partial charge in [0.05, 0.1) is 24.5 Å². The number of carbonyl (C=O) groups excluding carboxylic acids is 1. The molecule has 2 atom stereocenters. The van der Waals surface area contributed by atoms with Gasteiger partial charge in [-0.15, -0.1) is 0 Å². The van der Waals surface area contributed by atoms with E-state index in [9.17, 15) is 18.3 Å². The van der Waals surface area contributed by atoms with Crippen molar-refractivity contribution in [1.82, 2.24) is 10.6 Å². The summed E-state index contributed by atoms with van der Waals surface area (Å²) in [4.78, 5) is 12.7. The van der Waals surface area contributed by atoms with Crippen LogP contribution in [0.3, 0.4) is 0 Å². The van der Waals surface area contributed by atoms with Gasteiger partial charge in [-0.1, -0.05) is 154 Å². The van der Waals surface area contributed by atoms with Crippen molar-refractivity contribution in [3.63, 3.8) is 0 Å². The lowest BCUT2D eigenvalue weighted by molar-refractivity contribution is -0.122. The second kappa shape index (κ2) is 32.7. The summed E-state index contributed by atoms with van der Waals surface area (Å²) in [5, 5.41) is 16.4. The van der Waals surface area contributed by atoms with E-state index in [1.54, 1.807) is 13.1 Å². The van der Waals surface area contributed by atoms with Crippen LogP contribution in [-0.2, 0) is 19.1 Å². The fraction of sp³-hybridized carbons (Fsp3) is 0.865. The maximum Gasteiger partial charge on any atom is 0.268 e. The van der Waals surface area contributed by atoms with Gasteiger partial charge in [0, 0.05) is 13.0 Å². The molecule has 0 heterocycles. The van der Waals surface area contributed by atoms with Crippen LogP contribution >= 0.6 is 0 Å². The highest BCUT2D eigenvalue weighted by atomic mass is 32.2. The summed E-state index contributed by atoms with van der Waals surface area (Å²) in [6.07, 6.45) is 35.3. The van der Waals surface area contributed by atoms with Gasteiger partial charge in [0.25, 0.3) is 10.1 Å². The third kappa shape index (κ3) is 31.2. The Balaban J connectivity index is 4.39. The van der Waals surface area contributed by atoms with Gasteiger partial charge >= 0.3 is 0 Å². The molecule has 0 rings (SSSR count). The average molecular weight is 657 g/mol. The van der Waals surface area contributed by atoms with Crippen LogP contribution in [-0.4, -0.2) is 57.5 Å². The Kier molecular flexibility index (Phi) is 31.8. The van der Waals surface area contributed by atoms with E-state index in [4.69, 9.17) is 4.18 Å². The van der Waals surface area contributed by atoms with Crippen LogP contribution in [0.5, 0.6) is 0 Å². The molecular weight excluding hydrogens is 584 g/mol. The first-order valence-electron chi connectivity index (χ1n) is 18.7. The van der Waals surface area contributed by atoms with Gasteiger partial charge in [0.15, 0.2) is 0 Å². The third-order valence-corrected chi connectivity index (χ3v) is 9.47. The summed E-state index contributed by atoms with van der Waals surface area (Å²) < 4.78 is 29.6. The molecule has 0 radical (unpaired) electrons. The number of unbranched alkanes of at least 4 members (excludes halogenated alkanes) is 20. The van der Waals surface area contributed by atoms with Gasteiger partial charge in [0.1, 0.15) is 0 Å². The van der Waals surface area contributed by atoms with Gasteiger partial charge in [-0.2, -0.15) is 8.42 Å². The first kappa shape index (κ1) is 43.8. The normalized spacial score (nSPS) is 13.6. The summed E-state index contributed by atoms with van der Waals surface area (Å²) in [6, 6.07) is -0.826. The largest absolute Gasteiger partial charge is 0.387 e. The molecule has 8 heteroatoms. The van der Waals surface area contributed by atoms with Crippen molar-refractivity contribution < 1.29 is 22.5 Å². The van der Waals surface area contributed by atoms with Crippen LogP contribution in [0, 0.1) is 0 Å². The molecule has 0 aromatic carbocycles. The lowest BCUT2D eigenvalue weighted by Gasteiger charge is -2.22. The predicted octanol–water partition coefficient (Wildman–Crippen LogP) is 8.91. The van der Waals surface area contributed by atoms with Crippen LogP contribution in [0.15, 0.2) is 24.3 Å². The Morgan fingerprint density at radius 3 is 1.69 bits per heavy atom. The molecule has 0 aliphatic heterocycles. The van der Waals surface area contributed by atoms with Crippen LogP contribution in [0.1, 0.15) is 168 Å². The number of hydrogen-bond donors (Lipinski definition) is 3. The molecule has 1 amide bonds. The Hall–Kier alpha value is -1.22. The molecule has 0 fully saturated rings. The molecule has 0 spiro atoms. The zero-order valence-electron chi connectivity index (χ0n) is 29.5. The Labute approximate surface area is 279 Å². The van der Waals surface area contributed by atoms with Crippen molar-refractivity contribution in [3.05, 3.63) is 24.3 Å². The fourth-order valence-electron chi connectivity index (χ4n) is 5.29. The maximum atomic E-state index is 12.7. The second-order valence-electron chi connectivity index (χ2n) is 12.7. The zero-order chi connectivity index (χ0) is 33.3. The highest BCUT2D eigenvalue weighted by molar-refractivity contribution is 7.86. The number of hydrogen-bond acceptors (Lipinski definition) is 6. The van der Waals surface area contributed by atoms with Gasteiger partial charge in [-0.3, -0.25) is 8.98 Å². The molecule has 266 valence electrons. The minimum Gasteiger partial charge on any atom is -0.387 e. The highest BCUT2D eigenvalue weighted by Gasteiger charge is 2.23. The summed E-state index contributed by atoms with van der Waals surface area (Å²) >= 11 is 0. The number of amides is 1. The molecule has 0 aliphatic carbocycles. The molecule has 45 heavy (non-hydrogen) atoms. The SMILES string of the molecule is CCCCCCCCCC=CCCC=C[C@@H](O)[C@H](COS(=O)(=O)CCNC)NC(=O)CCCCCCCCCCCCCCC. The number of aliphatic hydroxyl groups is 1. The number of carbonyl (C=O) groups is 1. The number of rotatable bonds is 34. The Morgan fingerprint density at radius 2 is 1.16 bits per heavy atom. The quantitative estimate of drug-likeness (QED) is 0.0363. The van der Waals surface area contributed by atoms with E-state index >= 15 is 0 Å². The van der Waals surface area contributed by atoms with Crippen molar-refractivity contribution in [2.45, 2.75) is 180 Å². The predicted molar refractivity (Wildman–Crippen MR) is 192 cm³/mol. The molecule has 0 aromatic heterocycles. The Morgan fingerprint density at radius 1 is 0.689 bits per heavy atom. The van der Waals surface area contributed by atoms with E-state index in [2.05, 4.69) is 36.6 Å². The second-order valence-corrected chi connectivity index (χ2v) is 14.5. The molecule has 7 nitrogen and oxygen atoms in total. The lowest BCUT2D eigenvalue weighted by Crippen LogP contribution is -2.46. The van der Waals surface area contributed by atoms with E-state index in [-0.39, 0.29) is 24.8 Å². The molecule has 0 unspecified atom stereocenters. The van der Waals surface area contributed by atoms with Crippen molar-refractivity contribution in [2.75, 3.05) is 26.0 Å². The summed E-state index contributed by atoms with van der Waals surface area (Å²) in [5.41, 5.74) is 0. The zero-order valence-corrected chi connectivity index (χ0v) is 30.4. The highest BCUT2D eigenvalue weighted by Crippen LogP contribution is 2.13. The van der Waals surface area contributed by atoms with Crippen molar-refractivity contribution >= 4 is 16.0 Å². The molecule has 0 bridgehead atoms. The smallest absolute Gasteiger partial charge is 0.268 e. The van der Waals surface area contributed by atoms with Crippen molar-refractivity contribution in [2.24, 2.45) is 0 Å². The first-order chi connectivity index (χ1) is 21.9. The third-order valence-electron chi connectivity index (χ3n) is 8.27. The number of allylic oxidation sites excluding steroid dienone is 3. The minimum atomic E-state index is -3.76. The molecule has 0 aliphatic rings. The van der Waals surface area contributed by atoms with Crippen LogP contribution in [0.25, 0.3) is 0 Å². The van der Waals surface area contributed by atoms with E-state index in [0.29, 0.717) is 6.42 Å². The van der Waals surface area contributed by atoms with Gasteiger partial charge in [0.2, 0.25) is 5.91 Å². The van der Waals surface area contributed by atoms with Gasteiger partial charge in [-0.25, -0.2) is 0 Å². The molecule has 0 saturated carbocycles. The van der Waals surface area contributed by atoms with Crippen LogP contribution in [0.4, 0.5) is 0 Å². The summed E-state index contributed by atoms with van der Waals surface area (Å²) in [5.74, 6) is -0.347. The Bertz CT molecular complexity index is 816. The minimum absolute atomic E-state index is 0.166. The van der Waals surface area contributed by atoms with E-state index in [1.165, 1.54) is 109 Å². The number of nitrogens with one attached hydrogen (secondary N) is 2. The van der Waals surface area contributed by atoms with Crippen molar-refractivity contribution in [3.8, 4) is 0 Å². The van der Waals surface area contributed by atoms with Crippen LogP contribution < -0.4 is 10.6 Å². The lowest BCUT2D eigenvalue weighted by atomic mass is 10.0. The monoisotopic (exact) mass is 657 g/mol. The number of aliphatic hydroxyl groups excluding tert-OH is 1. The topological polar surface area (TPSA) is 105 Å². The summed E-state index contributed by atoms with van der Waals surface area (Å²) in [7, 11) is -2.08. The summed E-state index contributed by atoms with van der Waals surface area (Å²) in [6.45, 7) is 4.48. The van der Waals surface area contributed by atoms with E-state index in [0.717, 1.165) is 38.5 Å². The van der Waals surface area contributed by atoms with Gasteiger partial charge in [-0.05, 0) is 39.2 Å². The van der Waals surface area contributed by atoms with Crippen LogP contribution in [0.2, 0.25) is 0 Å². The first-order valence-corrected chi connectivity index (χ1v) is 20.2. The van der Waals surface area contributed by atoms with E-state index in [1.807, 2.05) is 6.08 Å². The van der Waals surface area contributed by atoms with Crippen molar-refractivity contribution in [1.29, 1.82) is 0 Å². The molecule has 0 saturated heterocycles. The molecule has 3 N–H and O–H groups in total. The average Bonchev–Trinajstić information content (AvgIpc) is 3.02. The van der Waals surface area contributed by atoms with E-state index < -0.39 is 22.3 Å². The molecular formula is C37H72N2O5S. The fourth-order valence-corrected chi connectivity index (χ4v) is 6.21.